The van der Waals surface area contributed by atoms with Gasteiger partial charge in [0.05, 0.1) is 16.7 Å². The molecule has 8 heteroatoms. The van der Waals surface area contributed by atoms with Gasteiger partial charge in [-0.2, -0.15) is 13.2 Å². The molecule has 0 aliphatic rings. The highest BCUT2D eigenvalue weighted by atomic mass is 19.4. The van der Waals surface area contributed by atoms with Gasteiger partial charge in [-0.1, -0.05) is 68.4 Å². The summed E-state index contributed by atoms with van der Waals surface area (Å²) in [5.74, 6) is -1.91. The summed E-state index contributed by atoms with van der Waals surface area (Å²) < 4.78 is 38.4. The van der Waals surface area contributed by atoms with Crippen LogP contribution in [0.2, 0.25) is 0 Å². The number of rotatable bonds is 9. The van der Waals surface area contributed by atoms with Gasteiger partial charge in [-0.15, -0.1) is 0 Å². The summed E-state index contributed by atoms with van der Waals surface area (Å²) in [5.41, 5.74) is 1.09. The molecular formula is C29H32F3NO4. The monoisotopic (exact) mass is 515 g/mol. The van der Waals surface area contributed by atoms with Crippen LogP contribution in [-0.4, -0.2) is 22.2 Å². The molecule has 198 valence electrons. The Labute approximate surface area is 215 Å². The van der Waals surface area contributed by atoms with E-state index in [0.717, 1.165) is 18.4 Å². The van der Waals surface area contributed by atoms with E-state index in [1.165, 1.54) is 42.0 Å². The van der Waals surface area contributed by atoms with Crippen LogP contribution in [0, 0.1) is 5.92 Å². The summed E-state index contributed by atoms with van der Waals surface area (Å²) in [5, 5.41) is 20.7. The van der Waals surface area contributed by atoms with Gasteiger partial charge >= 0.3 is 18.1 Å². The Kier molecular flexibility index (Phi) is 10.9. The second kappa shape index (κ2) is 13.6. The number of halogens is 3. The lowest BCUT2D eigenvalue weighted by Gasteiger charge is -2.25. The fourth-order valence-electron chi connectivity index (χ4n) is 3.75. The van der Waals surface area contributed by atoms with E-state index in [0.29, 0.717) is 5.92 Å². The van der Waals surface area contributed by atoms with Crippen LogP contribution in [0.1, 0.15) is 83.1 Å². The minimum Gasteiger partial charge on any atom is -0.478 e. The third-order valence-corrected chi connectivity index (χ3v) is 5.81. The highest BCUT2D eigenvalue weighted by molar-refractivity contribution is 6.01. The standard InChI is InChI=1S/C21H26F3N.C8H6O4/c1-15(2)9-14-20(25-16(3)17-7-5-4-6-8-17)18-10-12-19(13-11-18)21(22,23)24;9-7(10)5-3-1-2-4-6(5)8(11)12/h4-8,10-13,15-16,20,25H,9,14H2,1-3H3;1-4H,(H,9,10)(H,11,12)/t16-,20-;/m0./s1. The molecule has 0 aromatic heterocycles. The maximum Gasteiger partial charge on any atom is 0.416 e. The second-order valence-electron chi connectivity index (χ2n) is 9.10. The number of nitrogens with one attached hydrogen (secondary N) is 1. The Morgan fingerprint density at radius 2 is 1.22 bits per heavy atom. The fraction of sp³-hybridized carbons (Fsp3) is 0.310. The molecule has 0 spiro atoms. The second-order valence-corrected chi connectivity index (χ2v) is 9.10. The SMILES string of the molecule is CC(C)CC[C@H](N[C@@H](C)c1ccccc1)c1ccc(C(F)(F)F)cc1.O=C(O)c1ccccc1C(=O)O. The van der Waals surface area contributed by atoms with Gasteiger partial charge in [0, 0.05) is 12.1 Å². The lowest BCUT2D eigenvalue weighted by Crippen LogP contribution is -2.25. The van der Waals surface area contributed by atoms with Crippen molar-refractivity contribution in [2.45, 2.75) is 51.9 Å². The number of hydrogen-bond donors (Lipinski definition) is 3. The molecule has 5 nitrogen and oxygen atoms in total. The molecule has 0 heterocycles. The molecule has 2 atom stereocenters. The van der Waals surface area contributed by atoms with Crippen LogP contribution < -0.4 is 5.32 Å². The van der Waals surface area contributed by atoms with Crippen LogP contribution in [-0.2, 0) is 6.18 Å². The van der Waals surface area contributed by atoms with Crippen molar-refractivity contribution in [3.8, 4) is 0 Å². The van der Waals surface area contributed by atoms with Crippen LogP contribution in [0.15, 0.2) is 78.9 Å². The number of carboxylic acid groups (broad SMARTS) is 2. The molecule has 0 bridgehead atoms. The molecule has 0 saturated carbocycles. The Morgan fingerprint density at radius 3 is 1.65 bits per heavy atom. The predicted molar refractivity (Wildman–Crippen MR) is 137 cm³/mol. The Balaban J connectivity index is 0.000000335. The number of aromatic carboxylic acids is 2. The van der Waals surface area contributed by atoms with Crippen LogP contribution in [0.5, 0.6) is 0 Å². The zero-order valence-corrected chi connectivity index (χ0v) is 21.0. The van der Waals surface area contributed by atoms with Crippen molar-refractivity contribution < 1.29 is 33.0 Å². The third-order valence-electron chi connectivity index (χ3n) is 5.81. The first-order valence-corrected chi connectivity index (χ1v) is 11.9. The maximum absolute atomic E-state index is 12.8. The van der Waals surface area contributed by atoms with Crippen LogP contribution in [0.3, 0.4) is 0 Å². The first-order chi connectivity index (χ1) is 17.4. The molecule has 0 amide bonds. The summed E-state index contributed by atoms with van der Waals surface area (Å²) in [6.07, 6.45) is -2.39. The highest BCUT2D eigenvalue weighted by Gasteiger charge is 2.30. The van der Waals surface area contributed by atoms with Gasteiger partial charge < -0.3 is 15.5 Å². The van der Waals surface area contributed by atoms with E-state index >= 15 is 0 Å². The molecule has 3 aromatic rings. The molecule has 0 saturated heterocycles. The van der Waals surface area contributed by atoms with Gasteiger partial charge in [0.15, 0.2) is 0 Å². The smallest absolute Gasteiger partial charge is 0.416 e. The summed E-state index contributed by atoms with van der Waals surface area (Å²) in [6, 6.07) is 21.2. The van der Waals surface area contributed by atoms with Crippen LogP contribution >= 0.6 is 0 Å². The van der Waals surface area contributed by atoms with E-state index in [2.05, 4.69) is 38.2 Å². The lowest BCUT2D eigenvalue weighted by molar-refractivity contribution is -0.137. The highest BCUT2D eigenvalue weighted by Crippen LogP contribution is 2.31. The average molecular weight is 516 g/mol. The summed E-state index contributed by atoms with van der Waals surface area (Å²) >= 11 is 0. The topological polar surface area (TPSA) is 86.6 Å². The van der Waals surface area contributed by atoms with Gasteiger partial charge in [0.2, 0.25) is 0 Å². The van der Waals surface area contributed by atoms with Crippen molar-refractivity contribution in [3.05, 3.63) is 107 Å². The first kappa shape index (κ1) is 29.6. The van der Waals surface area contributed by atoms with Gasteiger partial charge in [-0.05, 0) is 61.1 Å². The van der Waals surface area contributed by atoms with E-state index < -0.39 is 23.7 Å². The predicted octanol–water partition coefficient (Wildman–Crippen LogP) is 7.62. The molecule has 3 N–H and O–H groups in total. The van der Waals surface area contributed by atoms with Crippen molar-refractivity contribution >= 4 is 11.9 Å². The molecule has 0 radical (unpaired) electrons. The number of hydrogen-bond acceptors (Lipinski definition) is 3. The molecular weight excluding hydrogens is 483 g/mol. The zero-order chi connectivity index (χ0) is 27.6. The molecule has 0 fully saturated rings. The van der Waals surface area contributed by atoms with Gasteiger partial charge in [-0.3, -0.25) is 0 Å². The summed E-state index contributed by atoms with van der Waals surface area (Å²) in [6.45, 7) is 6.40. The van der Waals surface area contributed by atoms with Gasteiger partial charge in [0.25, 0.3) is 0 Å². The number of benzene rings is 3. The Bertz CT molecular complexity index is 1110. The Morgan fingerprint density at radius 1 is 0.730 bits per heavy atom. The number of alkyl halides is 3. The molecule has 3 rings (SSSR count). The minimum atomic E-state index is -4.29. The van der Waals surface area contributed by atoms with E-state index in [4.69, 9.17) is 10.2 Å². The van der Waals surface area contributed by atoms with E-state index in [1.54, 1.807) is 12.1 Å². The quantitative estimate of drug-likeness (QED) is 0.273. The summed E-state index contributed by atoms with van der Waals surface area (Å²) in [4.78, 5) is 20.9. The van der Waals surface area contributed by atoms with Gasteiger partial charge in [-0.25, -0.2) is 9.59 Å². The van der Waals surface area contributed by atoms with Crippen molar-refractivity contribution in [1.29, 1.82) is 0 Å². The average Bonchev–Trinajstić information content (AvgIpc) is 2.86. The molecule has 3 aromatic carbocycles. The Hall–Kier alpha value is -3.65. The van der Waals surface area contributed by atoms with Crippen LogP contribution in [0.25, 0.3) is 0 Å². The van der Waals surface area contributed by atoms with Crippen molar-refractivity contribution in [3.63, 3.8) is 0 Å². The largest absolute Gasteiger partial charge is 0.478 e. The van der Waals surface area contributed by atoms with Gasteiger partial charge in [0.1, 0.15) is 0 Å². The fourth-order valence-corrected chi connectivity index (χ4v) is 3.75. The summed E-state index contributed by atoms with van der Waals surface area (Å²) in [7, 11) is 0. The molecule has 0 aliphatic carbocycles. The van der Waals surface area contributed by atoms with E-state index in [1.807, 2.05) is 18.2 Å². The first-order valence-electron chi connectivity index (χ1n) is 11.9. The molecule has 37 heavy (non-hydrogen) atoms. The van der Waals surface area contributed by atoms with Crippen LogP contribution in [0.4, 0.5) is 13.2 Å². The third kappa shape index (κ3) is 9.38. The normalized spacial score (nSPS) is 12.8. The van der Waals surface area contributed by atoms with Crippen molar-refractivity contribution in [1.82, 2.24) is 5.32 Å². The minimum absolute atomic E-state index is 0.0277. The zero-order valence-electron chi connectivity index (χ0n) is 21.0. The maximum atomic E-state index is 12.8. The van der Waals surface area contributed by atoms with E-state index in [-0.39, 0.29) is 23.2 Å². The lowest BCUT2D eigenvalue weighted by atomic mass is 9.95. The molecule has 0 unspecified atom stereocenters. The molecule has 0 aliphatic heterocycles. The number of carboxylic acids is 2. The number of carbonyl (C=O) groups is 2. The van der Waals surface area contributed by atoms with Crippen molar-refractivity contribution in [2.75, 3.05) is 0 Å². The van der Waals surface area contributed by atoms with E-state index in [9.17, 15) is 22.8 Å². The van der Waals surface area contributed by atoms with Crippen molar-refractivity contribution in [2.24, 2.45) is 5.92 Å².